The van der Waals surface area contributed by atoms with Crippen molar-refractivity contribution >= 4 is 40.4 Å². The number of rotatable bonds is 4. The van der Waals surface area contributed by atoms with Crippen molar-refractivity contribution in [1.29, 1.82) is 0 Å². The van der Waals surface area contributed by atoms with Crippen LogP contribution in [0.4, 0.5) is 11.4 Å². The molecule has 0 spiro atoms. The Morgan fingerprint density at radius 2 is 1.77 bits per heavy atom. The van der Waals surface area contributed by atoms with Crippen LogP contribution >= 0.6 is 23.1 Å². The molecule has 0 fully saturated rings. The van der Waals surface area contributed by atoms with Gasteiger partial charge in [-0.05, 0) is 54.1 Å². The second-order valence-corrected chi connectivity index (χ2v) is 9.83. The molecule has 0 aliphatic carbocycles. The van der Waals surface area contributed by atoms with Gasteiger partial charge in [-0.15, -0.1) is 11.3 Å². The number of benzene rings is 3. The molecule has 1 aromatic heterocycles. The third-order valence-corrected chi connectivity index (χ3v) is 7.40. The Hall–Kier alpha value is -3.09. The van der Waals surface area contributed by atoms with Crippen LogP contribution in [0.1, 0.15) is 20.8 Å². The van der Waals surface area contributed by atoms with Crippen molar-refractivity contribution in [2.75, 3.05) is 24.3 Å². The Labute approximate surface area is 190 Å². The molecule has 3 aromatic carbocycles. The number of aromatic nitrogens is 1. The van der Waals surface area contributed by atoms with Crippen LogP contribution in [0.15, 0.2) is 82.7 Å². The van der Waals surface area contributed by atoms with Gasteiger partial charge in [0.25, 0.3) is 5.91 Å². The molecule has 4 nitrogen and oxygen atoms in total. The normalized spacial score (nSPS) is 12.5. The van der Waals surface area contributed by atoms with Gasteiger partial charge in [0.05, 0.1) is 11.3 Å². The van der Waals surface area contributed by atoms with E-state index >= 15 is 0 Å². The molecule has 0 radical (unpaired) electrons. The molecule has 31 heavy (non-hydrogen) atoms. The van der Waals surface area contributed by atoms with Crippen molar-refractivity contribution in [2.45, 2.75) is 16.2 Å². The monoisotopic (exact) mass is 443 g/mol. The fraction of sp³-hybridized carbons (Fsp3) is 0.120. The van der Waals surface area contributed by atoms with E-state index in [-0.39, 0.29) is 5.91 Å². The van der Waals surface area contributed by atoms with E-state index in [0.29, 0.717) is 0 Å². The first-order valence-electron chi connectivity index (χ1n) is 10.0. The summed E-state index contributed by atoms with van der Waals surface area (Å²) in [4.78, 5) is 22.6. The van der Waals surface area contributed by atoms with E-state index < -0.39 is 0 Å². The van der Waals surface area contributed by atoms with Crippen LogP contribution in [0, 0.1) is 0 Å². The van der Waals surface area contributed by atoms with Gasteiger partial charge < -0.3 is 10.2 Å². The summed E-state index contributed by atoms with van der Waals surface area (Å²) >= 11 is 3.34. The van der Waals surface area contributed by atoms with Gasteiger partial charge in [-0.2, -0.15) is 0 Å². The molecule has 0 saturated heterocycles. The fourth-order valence-corrected chi connectivity index (χ4v) is 5.51. The van der Waals surface area contributed by atoms with Crippen LogP contribution in [-0.2, 0) is 6.42 Å². The fourth-order valence-electron chi connectivity index (χ4n) is 3.55. The zero-order valence-electron chi connectivity index (χ0n) is 17.3. The number of hydrogen-bond donors (Lipinski definition) is 1. The highest BCUT2D eigenvalue weighted by molar-refractivity contribution is 7.99. The van der Waals surface area contributed by atoms with Gasteiger partial charge >= 0.3 is 0 Å². The highest BCUT2D eigenvalue weighted by Crippen LogP contribution is 2.39. The molecule has 1 N–H and O–H groups in total. The molecule has 1 aliphatic rings. The van der Waals surface area contributed by atoms with E-state index in [9.17, 15) is 4.79 Å². The Kier molecular flexibility index (Phi) is 5.26. The van der Waals surface area contributed by atoms with Crippen molar-refractivity contribution < 1.29 is 4.79 Å². The molecule has 2 heterocycles. The number of fused-ring (bicyclic) bond motifs is 2. The summed E-state index contributed by atoms with van der Waals surface area (Å²) in [6.07, 6.45) is 2.74. The molecule has 1 amide bonds. The van der Waals surface area contributed by atoms with Gasteiger partial charge in [-0.3, -0.25) is 4.79 Å². The number of anilines is 2. The van der Waals surface area contributed by atoms with Crippen LogP contribution in [0.2, 0.25) is 0 Å². The first-order valence-corrected chi connectivity index (χ1v) is 11.6. The predicted molar refractivity (Wildman–Crippen MR) is 130 cm³/mol. The van der Waals surface area contributed by atoms with Gasteiger partial charge in [0.15, 0.2) is 0 Å². The summed E-state index contributed by atoms with van der Waals surface area (Å²) in [5.74, 6) is -0.0553. The third-order valence-electron chi connectivity index (χ3n) is 5.21. The summed E-state index contributed by atoms with van der Waals surface area (Å²) in [5, 5.41) is 4.10. The maximum atomic E-state index is 12.6. The lowest BCUT2D eigenvalue weighted by Gasteiger charge is -2.12. The maximum absolute atomic E-state index is 12.6. The number of amides is 1. The minimum atomic E-state index is -0.0553. The van der Waals surface area contributed by atoms with Gasteiger partial charge in [-0.25, -0.2) is 4.98 Å². The van der Waals surface area contributed by atoms with Crippen LogP contribution in [0.5, 0.6) is 0 Å². The largest absolute Gasteiger partial charge is 0.378 e. The highest BCUT2D eigenvalue weighted by Gasteiger charge is 2.19. The lowest BCUT2D eigenvalue weighted by atomic mass is 10.1. The molecule has 0 atom stereocenters. The van der Waals surface area contributed by atoms with Gasteiger partial charge in [0.1, 0.15) is 5.01 Å². The lowest BCUT2D eigenvalue weighted by molar-refractivity contribution is 0.102. The standard InChI is InChI=1S/C25H21N3OS2/c1-28(2)18-10-8-17(9-11-18)25-26-15-19(30-25)13-16-7-12-23-21(14-16)27-24(29)20-5-3-4-6-22(20)31-23/h3-12,14-15H,13H2,1-2H3,(H,27,29). The summed E-state index contributed by atoms with van der Waals surface area (Å²) in [6, 6.07) is 22.5. The van der Waals surface area contributed by atoms with E-state index in [0.717, 1.165) is 43.6 Å². The minimum absolute atomic E-state index is 0.0553. The predicted octanol–water partition coefficient (Wildman–Crippen LogP) is 6.18. The summed E-state index contributed by atoms with van der Waals surface area (Å²) in [7, 11) is 4.08. The molecule has 154 valence electrons. The minimum Gasteiger partial charge on any atom is -0.378 e. The molecule has 1 aliphatic heterocycles. The van der Waals surface area contributed by atoms with E-state index in [1.165, 1.54) is 10.6 Å². The van der Waals surface area contributed by atoms with Gasteiger partial charge in [0, 0.05) is 52.6 Å². The Bertz CT molecular complexity index is 1260. The molecule has 5 rings (SSSR count). The molecule has 0 bridgehead atoms. The molecular weight excluding hydrogens is 422 g/mol. The number of nitrogens with zero attached hydrogens (tertiary/aromatic N) is 2. The topological polar surface area (TPSA) is 45.2 Å². The second kappa shape index (κ2) is 8.21. The van der Waals surface area contributed by atoms with Crippen molar-refractivity contribution in [3.05, 3.63) is 88.9 Å². The average molecular weight is 444 g/mol. The Morgan fingerprint density at radius 3 is 2.58 bits per heavy atom. The highest BCUT2D eigenvalue weighted by atomic mass is 32.2. The molecule has 0 saturated carbocycles. The average Bonchev–Trinajstić information content (AvgIpc) is 3.18. The van der Waals surface area contributed by atoms with Crippen molar-refractivity contribution in [3.63, 3.8) is 0 Å². The van der Waals surface area contributed by atoms with Crippen molar-refractivity contribution in [3.8, 4) is 10.6 Å². The van der Waals surface area contributed by atoms with E-state index in [1.807, 2.05) is 44.6 Å². The number of carbonyl (C=O) groups excluding carboxylic acids is 1. The van der Waals surface area contributed by atoms with Crippen LogP contribution < -0.4 is 10.2 Å². The first-order chi connectivity index (χ1) is 15.1. The quantitative estimate of drug-likeness (QED) is 0.409. The number of nitrogens with one attached hydrogen (secondary N) is 1. The number of hydrogen-bond acceptors (Lipinski definition) is 5. The Morgan fingerprint density at radius 1 is 0.968 bits per heavy atom. The van der Waals surface area contributed by atoms with Crippen LogP contribution in [0.3, 0.4) is 0 Å². The molecule has 0 unspecified atom stereocenters. The summed E-state index contributed by atoms with van der Waals surface area (Å²) in [6.45, 7) is 0. The molecule has 6 heteroatoms. The van der Waals surface area contributed by atoms with E-state index in [1.54, 1.807) is 23.1 Å². The third kappa shape index (κ3) is 4.09. The zero-order valence-corrected chi connectivity index (χ0v) is 18.9. The first kappa shape index (κ1) is 19.8. The second-order valence-electron chi connectivity index (χ2n) is 7.63. The lowest BCUT2D eigenvalue weighted by Crippen LogP contribution is -2.11. The van der Waals surface area contributed by atoms with Crippen molar-refractivity contribution in [1.82, 2.24) is 4.98 Å². The number of carbonyl (C=O) groups is 1. The zero-order chi connectivity index (χ0) is 21.4. The van der Waals surface area contributed by atoms with Crippen LogP contribution in [0.25, 0.3) is 10.6 Å². The molecular formula is C25H21N3OS2. The Balaban J connectivity index is 1.36. The van der Waals surface area contributed by atoms with Crippen molar-refractivity contribution in [2.24, 2.45) is 0 Å². The SMILES string of the molecule is CN(C)c1ccc(-c2ncc(Cc3ccc4c(c3)NC(=O)c3ccccc3S4)s2)cc1. The maximum Gasteiger partial charge on any atom is 0.256 e. The molecule has 4 aromatic rings. The van der Waals surface area contributed by atoms with Gasteiger partial charge in [-0.1, -0.05) is 30.0 Å². The summed E-state index contributed by atoms with van der Waals surface area (Å²) < 4.78 is 0. The smallest absolute Gasteiger partial charge is 0.256 e. The summed E-state index contributed by atoms with van der Waals surface area (Å²) in [5.41, 5.74) is 5.05. The van der Waals surface area contributed by atoms with E-state index in [2.05, 4.69) is 57.7 Å². The number of thiazole rings is 1. The van der Waals surface area contributed by atoms with Crippen LogP contribution in [-0.4, -0.2) is 25.0 Å². The van der Waals surface area contributed by atoms with E-state index in [4.69, 9.17) is 0 Å². The van der Waals surface area contributed by atoms with Gasteiger partial charge in [0.2, 0.25) is 0 Å².